The number of aromatic nitrogens is 1. The van der Waals surface area contributed by atoms with Gasteiger partial charge in [0.05, 0.1) is 11.3 Å². The molecule has 0 fully saturated rings. The molecule has 0 bridgehead atoms. The van der Waals surface area contributed by atoms with E-state index in [0.717, 1.165) is 17.7 Å². The number of nitrogens with zero attached hydrogens (tertiary/aromatic N) is 1. The fraction of sp³-hybridized carbons (Fsp3) is 0.238. The monoisotopic (exact) mass is 438 g/mol. The molecule has 0 saturated carbocycles. The average Bonchev–Trinajstić information content (AvgIpc) is 3.14. The van der Waals surface area contributed by atoms with Crippen molar-refractivity contribution in [2.24, 2.45) is 5.92 Å². The summed E-state index contributed by atoms with van der Waals surface area (Å²) >= 11 is 7.48. The highest BCUT2D eigenvalue weighted by molar-refractivity contribution is 7.14. The molecule has 3 aromatic rings. The Labute approximate surface area is 175 Å². The van der Waals surface area contributed by atoms with Crippen LogP contribution in [0.15, 0.2) is 53.9 Å². The van der Waals surface area contributed by atoms with Gasteiger partial charge in [-0.1, -0.05) is 48.9 Å². The van der Waals surface area contributed by atoms with E-state index in [1.54, 1.807) is 6.07 Å². The van der Waals surface area contributed by atoms with E-state index in [2.05, 4.69) is 10.3 Å². The first-order valence-electron chi connectivity index (χ1n) is 8.95. The molecule has 152 valence electrons. The Balaban J connectivity index is 1.67. The van der Waals surface area contributed by atoms with Crippen LogP contribution < -0.4 is 5.32 Å². The second-order valence-corrected chi connectivity index (χ2v) is 7.78. The van der Waals surface area contributed by atoms with Gasteiger partial charge in [-0.15, -0.1) is 11.3 Å². The SMILES string of the molecule is CC[C@H](Cc1ccc(C(F)(F)F)cc1)C(=O)Nc1nc(-c2ccccc2Cl)cs1. The van der Waals surface area contributed by atoms with Crippen LogP contribution in [0.4, 0.5) is 18.3 Å². The van der Waals surface area contributed by atoms with E-state index < -0.39 is 11.7 Å². The average molecular weight is 439 g/mol. The van der Waals surface area contributed by atoms with Crippen LogP contribution in [0.2, 0.25) is 5.02 Å². The number of anilines is 1. The highest BCUT2D eigenvalue weighted by Gasteiger charge is 2.30. The highest BCUT2D eigenvalue weighted by atomic mass is 35.5. The molecule has 2 aromatic carbocycles. The van der Waals surface area contributed by atoms with Crippen LogP contribution in [0.3, 0.4) is 0 Å². The van der Waals surface area contributed by atoms with Crippen molar-refractivity contribution in [3.63, 3.8) is 0 Å². The van der Waals surface area contributed by atoms with Crippen LogP contribution >= 0.6 is 22.9 Å². The minimum atomic E-state index is -4.37. The number of carbonyl (C=O) groups is 1. The van der Waals surface area contributed by atoms with Gasteiger partial charge in [-0.2, -0.15) is 13.2 Å². The Bertz CT molecular complexity index is 986. The van der Waals surface area contributed by atoms with Crippen molar-refractivity contribution in [3.8, 4) is 11.3 Å². The number of rotatable bonds is 6. The van der Waals surface area contributed by atoms with Crippen molar-refractivity contribution in [3.05, 3.63) is 70.1 Å². The topological polar surface area (TPSA) is 42.0 Å². The van der Waals surface area contributed by atoms with E-state index in [0.29, 0.717) is 34.3 Å². The van der Waals surface area contributed by atoms with E-state index >= 15 is 0 Å². The van der Waals surface area contributed by atoms with Gasteiger partial charge in [0.2, 0.25) is 5.91 Å². The summed E-state index contributed by atoms with van der Waals surface area (Å²) in [5.74, 6) is -0.591. The smallest absolute Gasteiger partial charge is 0.302 e. The van der Waals surface area contributed by atoms with Gasteiger partial charge in [0, 0.05) is 21.9 Å². The number of hydrogen-bond acceptors (Lipinski definition) is 3. The van der Waals surface area contributed by atoms with Gasteiger partial charge in [-0.3, -0.25) is 4.79 Å². The molecule has 1 N–H and O–H groups in total. The molecule has 0 radical (unpaired) electrons. The van der Waals surface area contributed by atoms with E-state index in [-0.39, 0.29) is 11.8 Å². The lowest BCUT2D eigenvalue weighted by Crippen LogP contribution is -2.24. The van der Waals surface area contributed by atoms with Gasteiger partial charge in [-0.25, -0.2) is 4.98 Å². The number of benzene rings is 2. The van der Waals surface area contributed by atoms with Crippen LogP contribution in [0.25, 0.3) is 11.3 Å². The van der Waals surface area contributed by atoms with Gasteiger partial charge in [-0.05, 0) is 36.6 Å². The number of alkyl halides is 3. The van der Waals surface area contributed by atoms with E-state index in [9.17, 15) is 18.0 Å². The zero-order valence-electron chi connectivity index (χ0n) is 15.5. The van der Waals surface area contributed by atoms with Crippen molar-refractivity contribution < 1.29 is 18.0 Å². The molecule has 1 aromatic heterocycles. The lowest BCUT2D eigenvalue weighted by atomic mass is 9.95. The number of hydrogen-bond donors (Lipinski definition) is 1. The van der Waals surface area contributed by atoms with E-state index in [4.69, 9.17) is 11.6 Å². The molecule has 3 rings (SSSR count). The molecule has 0 aliphatic carbocycles. The first-order valence-corrected chi connectivity index (χ1v) is 10.2. The largest absolute Gasteiger partial charge is 0.416 e. The third-order valence-corrected chi connectivity index (χ3v) is 5.60. The predicted molar refractivity (Wildman–Crippen MR) is 110 cm³/mol. The van der Waals surface area contributed by atoms with Crippen molar-refractivity contribution in [2.45, 2.75) is 25.9 Å². The zero-order valence-corrected chi connectivity index (χ0v) is 17.0. The van der Waals surface area contributed by atoms with E-state index in [1.807, 2.05) is 30.5 Å². The fourth-order valence-corrected chi connectivity index (χ4v) is 3.81. The second kappa shape index (κ2) is 8.97. The van der Waals surface area contributed by atoms with E-state index in [1.165, 1.54) is 23.5 Å². The Kier molecular flexibility index (Phi) is 6.59. The van der Waals surface area contributed by atoms with Gasteiger partial charge >= 0.3 is 6.18 Å². The Morgan fingerprint density at radius 3 is 2.48 bits per heavy atom. The lowest BCUT2D eigenvalue weighted by Gasteiger charge is -2.14. The lowest BCUT2D eigenvalue weighted by molar-refractivity contribution is -0.137. The summed E-state index contributed by atoms with van der Waals surface area (Å²) in [6, 6.07) is 12.2. The van der Waals surface area contributed by atoms with Crippen molar-refractivity contribution in [2.75, 3.05) is 5.32 Å². The number of nitrogens with one attached hydrogen (secondary N) is 1. The number of amides is 1. The van der Waals surface area contributed by atoms with Crippen LogP contribution in [-0.4, -0.2) is 10.9 Å². The molecule has 0 spiro atoms. The quantitative estimate of drug-likeness (QED) is 0.465. The molecule has 3 nitrogen and oxygen atoms in total. The highest BCUT2D eigenvalue weighted by Crippen LogP contribution is 2.31. The summed E-state index contributed by atoms with van der Waals surface area (Å²) in [4.78, 5) is 17.1. The van der Waals surface area contributed by atoms with Crippen molar-refractivity contribution in [1.29, 1.82) is 0 Å². The van der Waals surface area contributed by atoms with Crippen molar-refractivity contribution in [1.82, 2.24) is 4.98 Å². The summed E-state index contributed by atoms with van der Waals surface area (Å²) in [5.41, 5.74) is 1.43. The number of thiazole rings is 1. The van der Waals surface area contributed by atoms with Gasteiger partial charge in [0.25, 0.3) is 0 Å². The number of halogens is 4. The molecule has 0 unspecified atom stereocenters. The summed E-state index contributed by atoms with van der Waals surface area (Å²) in [5, 5.41) is 5.64. The third-order valence-electron chi connectivity index (χ3n) is 4.51. The Hall–Kier alpha value is -2.38. The molecule has 1 heterocycles. The van der Waals surface area contributed by atoms with Crippen LogP contribution in [-0.2, 0) is 17.4 Å². The molecule has 0 aliphatic rings. The molecule has 8 heteroatoms. The van der Waals surface area contributed by atoms with Gasteiger partial charge in [0.1, 0.15) is 0 Å². The van der Waals surface area contributed by atoms with Gasteiger partial charge in [0.15, 0.2) is 5.13 Å². The maximum atomic E-state index is 12.7. The molecule has 29 heavy (non-hydrogen) atoms. The molecule has 0 aliphatic heterocycles. The normalized spacial score (nSPS) is 12.6. The second-order valence-electron chi connectivity index (χ2n) is 6.51. The maximum absolute atomic E-state index is 12.7. The van der Waals surface area contributed by atoms with Crippen LogP contribution in [0, 0.1) is 5.92 Å². The number of carbonyl (C=O) groups excluding carboxylic acids is 1. The Morgan fingerprint density at radius 2 is 1.86 bits per heavy atom. The van der Waals surface area contributed by atoms with Gasteiger partial charge < -0.3 is 5.32 Å². The summed E-state index contributed by atoms with van der Waals surface area (Å²) in [7, 11) is 0. The summed E-state index contributed by atoms with van der Waals surface area (Å²) in [6.45, 7) is 1.87. The standard InChI is InChI=1S/C21H18ClF3N2OS/c1-2-14(11-13-7-9-15(10-8-13)21(23,24)25)19(28)27-20-26-18(12-29-20)16-5-3-4-6-17(16)22/h3-10,12,14H,2,11H2,1H3,(H,26,27,28)/t14-/m1/s1. The summed E-state index contributed by atoms with van der Waals surface area (Å²) in [6.07, 6.45) is -3.47. The molecular weight excluding hydrogens is 421 g/mol. The summed E-state index contributed by atoms with van der Waals surface area (Å²) < 4.78 is 38.1. The zero-order chi connectivity index (χ0) is 21.0. The Morgan fingerprint density at radius 1 is 1.17 bits per heavy atom. The van der Waals surface area contributed by atoms with Crippen LogP contribution in [0.5, 0.6) is 0 Å². The minimum Gasteiger partial charge on any atom is -0.302 e. The first kappa shape index (κ1) is 21.3. The van der Waals surface area contributed by atoms with Crippen molar-refractivity contribution >= 4 is 34.0 Å². The molecule has 0 saturated heterocycles. The third kappa shape index (κ3) is 5.36. The molecular formula is C21H18ClF3N2OS. The predicted octanol–water partition coefficient (Wildman–Crippen LogP) is 6.69. The molecule has 1 amide bonds. The minimum absolute atomic E-state index is 0.215. The maximum Gasteiger partial charge on any atom is 0.416 e. The first-order chi connectivity index (χ1) is 13.8. The van der Waals surface area contributed by atoms with Crippen LogP contribution in [0.1, 0.15) is 24.5 Å². The molecule has 1 atom stereocenters. The fourth-order valence-electron chi connectivity index (χ4n) is 2.87.